The molecular formula is C23H29N7O3. The van der Waals surface area contributed by atoms with Crippen molar-refractivity contribution in [2.24, 2.45) is 5.92 Å². The Bertz CT molecular complexity index is 1210. The molecule has 0 saturated carbocycles. The Morgan fingerprint density at radius 2 is 1.91 bits per heavy atom. The van der Waals surface area contributed by atoms with E-state index in [4.69, 9.17) is 0 Å². The van der Waals surface area contributed by atoms with Gasteiger partial charge in [-0.3, -0.25) is 28.8 Å². The number of carbonyl (C=O) groups excluding carboxylic acids is 2. The van der Waals surface area contributed by atoms with Gasteiger partial charge in [0.15, 0.2) is 11.5 Å². The number of rotatable bonds is 8. The van der Waals surface area contributed by atoms with E-state index < -0.39 is 11.6 Å². The first kappa shape index (κ1) is 23.8. The minimum Gasteiger partial charge on any atom is -0.358 e. The van der Waals surface area contributed by atoms with Gasteiger partial charge in [-0.2, -0.15) is 0 Å². The summed E-state index contributed by atoms with van der Waals surface area (Å²) in [4.78, 5) is 52.6. The summed E-state index contributed by atoms with van der Waals surface area (Å²) in [6, 6.07) is 8.49. The third kappa shape index (κ3) is 5.00. The van der Waals surface area contributed by atoms with E-state index in [1.54, 1.807) is 36.9 Å². The lowest BCUT2D eigenvalue weighted by Crippen LogP contribution is -2.35. The van der Waals surface area contributed by atoms with Crippen LogP contribution in [0.2, 0.25) is 0 Å². The monoisotopic (exact) mass is 451 g/mol. The summed E-state index contributed by atoms with van der Waals surface area (Å²) < 4.78 is 1.55. The van der Waals surface area contributed by atoms with Gasteiger partial charge in [-0.15, -0.1) is 0 Å². The maximum atomic E-state index is 13.6. The lowest BCUT2D eigenvalue weighted by Gasteiger charge is -2.25. The molecule has 0 spiro atoms. The number of hydrogen-bond donors (Lipinski definition) is 2. The zero-order chi connectivity index (χ0) is 24.1. The number of carbonyl (C=O) groups is 2. The predicted molar refractivity (Wildman–Crippen MR) is 127 cm³/mol. The Labute approximate surface area is 192 Å². The minimum atomic E-state index is -0.445. The summed E-state index contributed by atoms with van der Waals surface area (Å²) in [6.07, 6.45) is 2.00. The highest BCUT2D eigenvalue weighted by Gasteiger charge is 2.26. The molecule has 0 unspecified atom stereocenters. The molecular weight excluding hydrogens is 422 g/mol. The zero-order valence-corrected chi connectivity index (χ0v) is 19.5. The van der Waals surface area contributed by atoms with Crippen molar-refractivity contribution in [3.8, 4) is 0 Å². The van der Waals surface area contributed by atoms with Crippen LogP contribution in [0.5, 0.6) is 0 Å². The molecule has 0 aliphatic rings. The van der Waals surface area contributed by atoms with Gasteiger partial charge in [0.25, 0.3) is 5.56 Å². The molecule has 3 rings (SSSR count). The van der Waals surface area contributed by atoms with Crippen molar-refractivity contribution in [2.75, 3.05) is 30.9 Å². The zero-order valence-electron chi connectivity index (χ0n) is 19.5. The second-order valence-corrected chi connectivity index (χ2v) is 7.92. The largest absolute Gasteiger partial charge is 0.358 e. The molecule has 1 atom stereocenters. The Hall–Kier alpha value is -3.82. The van der Waals surface area contributed by atoms with Crippen molar-refractivity contribution in [3.63, 3.8) is 0 Å². The molecule has 0 saturated heterocycles. The van der Waals surface area contributed by atoms with Crippen molar-refractivity contribution < 1.29 is 9.59 Å². The van der Waals surface area contributed by atoms with Crippen LogP contribution in [0.4, 0.5) is 11.6 Å². The van der Waals surface area contributed by atoms with E-state index in [1.165, 1.54) is 11.9 Å². The van der Waals surface area contributed by atoms with Crippen LogP contribution < -0.4 is 21.1 Å². The second-order valence-electron chi connectivity index (χ2n) is 7.92. The Morgan fingerprint density at radius 3 is 2.52 bits per heavy atom. The van der Waals surface area contributed by atoms with Crippen molar-refractivity contribution in [3.05, 3.63) is 52.6 Å². The molecule has 0 fully saturated rings. The smallest absolute Gasteiger partial charge is 0.295 e. The van der Waals surface area contributed by atoms with Gasteiger partial charge < -0.3 is 10.6 Å². The summed E-state index contributed by atoms with van der Waals surface area (Å²) in [5, 5.41) is 5.35. The van der Waals surface area contributed by atoms with Crippen LogP contribution in [-0.2, 0) is 9.59 Å². The molecule has 0 aliphatic carbocycles. The molecule has 0 bridgehead atoms. The van der Waals surface area contributed by atoms with E-state index in [-0.39, 0.29) is 30.1 Å². The fourth-order valence-corrected chi connectivity index (χ4v) is 3.57. The first-order valence-electron chi connectivity index (χ1n) is 10.8. The lowest BCUT2D eigenvalue weighted by molar-refractivity contribution is -0.119. The Kier molecular flexibility index (Phi) is 7.37. The molecule has 3 aromatic heterocycles. The second kappa shape index (κ2) is 10.2. The number of aromatic nitrogens is 4. The highest BCUT2D eigenvalue weighted by molar-refractivity contribution is 5.92. The summed E-state index contributed by atoms with van der Waals surface area (Å²) in [5.41, 5.74) is 1.06. The SMILES string of the molecule is CCC(=O)N(C)c1ccc2nc(NCC(=O)NC)c(=O)n([C@H](c3ccccn3)C(C)C)c2n1. The molecule has 0 aliphatic heterocycles. The number of hydrogen-bond acceptors (Lipinski definition) is 7. The number of likely N-dealkylation sites (N-methyl/N-ethyl adjacent to an activating group) is 1. The van der Waals surface area contributed by atoms with Crippen molar-refractivity contribution in [2.45, 2.75) is 33.2 Å². The highest BCUT2D eigenvalue weighted by Crippen LogP contribution is 2.28. The predicted octanol–water partition coefficient (Wildman–Crippen LogP) is 1.96. The number of pyridine rings is 2. The van der Waals surface area contributed by atoms with Crippen LogP contribution in [0.3, 0.4) is 0 Å². The van der Waals surface area contributed by atoms with Gasteiger partial charge in [0, 0.05) is 26.7 Å². The maximum absolute atomic E-state index is 13.6. The number of amides is 2. The first-order valence-corrected chi connectivity index (χ1v) is 10.8. The van der Waals surface area contributed by atoms with Crippen LogP contribution in [0.1, 0.15) is 38.9 Å². The van der Waals surface area contributed by atoms with Crippen LogP contribution in [-0.4, -0.2) is 52.0 Å². The average Bonchev–Trinajstić information content (AvgIpc) is 2.83. The van der Waals surface area contributed by atoms with Gasteiger partial charge in [0.05, 0.1) is 18.3 Å². The van der Waals surface area contributed by atoms with Crippen molar-refractivity contribution in [1.29, 1.82) is 0 Å². The lowest BCUT2D eigenvalue weighted by atomic mass is 9.99. The summed E-state index contributed by atoms with van der Waals surface area (Å²) in [7, 11) is 3.17. The van der Waals surface area contributed by atoms with Gasteiger partial charge in [-0.25, -0.2) is 9.97 Å². The van der Waals surface area contributed by atoms with Crippen LogP contribution in [0.25, 0.3) is 11.2 Å². The van der Waals surface area contributed by atoms with Crippen LogP contribution in [0, 0.1) is 5.92 Å². The number of fused-ring (bicyclic) bond motifs is 1. The summed E-state index contributed by atoms with van der Waals surface area (Å²) >= 11 is 0. The molecule has 3 heterocycles. The topological polar surface area (TPSA) is 122 Å². The molecule has 2 amide bonds. The van der Waals surface area contributed by atoms with E-state index in [1.807, 2.05) is 32.0 Å². The quantitative estimate of drug-likeness (QED) is 0.537. The Balaban J connectivity index is 2.29. The fourth-order valence-electron chi connectivity index (χ4n) is 3.57. The summed E-state index contributed by atoms with van der Waals surface area (Å²) in [6.45, 7) is 5.66. The van der Waals surface area contributed by atoms with Gasteiger partial charge in [0.2, 0.25) is 11.8 Å². The molecule has 174 valence electrons. The van der Waals surface area contributed by atoms with Crippen molar-refractivity contribution in [1.82, 2.24) is 24.8 Å². The van der Waals surface area contributed by atoms with Gasteiger partial charge >= 0.3 is 0 Å². The molecule has 3 aromatic rings. The van der Waals surface area contributed by atoms with Crippen LogP contribution in [0.15, 0.2) is 41.3 Å². The van der Waals surface area contributed by atoms with Crippen molar-refractivity contribution >= 4 is 34.6 Å². The fraction of sp³-hybridized carbons (Fsp3) is 0.391. The van der Waals surface area contributed by atoms with E-state index >= 15 is 0 Å². The van der Waals surface area contributed by atoms with Gasteiger partial charge in [0.1, 0.15) is 11.3 Å². The van der Waals surface area contributed by atoms with E-state index in [9.17, 15) is 14.4 Å². The number of anilines is 2. The van der Waals surface area contributed by atoms with Crippen LogP contribution >= 0.6 is 0 Å². The summed E-state index contributed by atoms with van der Waals surface area (Å²) in [5.74, 6) is 0.0634. The maximum Gasteiger partial charge on any atom is 0.295 e. The molecule has 0 aromatic carbocycles. The van der Waals surface area contributed by atoms with E-state index in [0.29, 0.717) is 29.1 Å². The molecule has 0 radical (unpaired) electrons. The molecule has 33 heavy (non-hydrogen) atoms. The van der Waals surface area contributed by atoms with E-state index in [0.717, 1.165) is 0 Å². The third-order valence-corrected chi connectivity index (χ3v) is 5.34. The number of nitrogens with zero attached hydrogens (tertiary/aromatic N) is 5. The molecule has 10 nitrogen and oxygen atoms in total. The highest BCUT2D eigenvalue weighted by atomic mass is 16.2. The first-order chi connectivity index (χ1) is 15.8. The third-order valence-electron chi connectivity index (χ3n) is 5.34. The molecule has 2 N–H and O–H groups in total. The van der Waals surface area contributed by atoms with Gasteiger partial charge in [-0.05, 0) is 30.2 Å². The van der Waals surface area contributed by atoms with E-state index in [2.05, 4.69) is 25.6 Å². The van der Waals surface area contributed by atoms with Gasteiger partial charge in [-0.1, -0.05) is 26.8 Å². The number of nitrogens with one attached hydrogen (secondary N) is 2. The minimum absolute atomic E-state index is 0.0181. The normalized spacial score (nSPS) is 11.9. The average molecular weight is 452 g/mol. The standard InChI is InChI=1S/C23H29N7O3/c1-6-19(32)29(5)17-11-10-16-22(28-17)30(20(14(2)3)15-9-7-8-12-25-15)23(33)21(27-16)26-13-18(31)24-4/h7-12,14,20H,6,13H2,1-5H3,(H,24,31)(H,26,27)/t20-/m0/s1. The Morgan fingerprint density at radius 1 is 1.15 bits per heavy atom. The molecule has 10 heteroatoms.